The van der Waals surface area contributed by atoms with Crippen LogP contribution in [0.15, 0.2) is 0 Å². The molecule has 1 N–H and O–H groups in total. The molecule has 110 valence electrons. The van der Waals surface area contributed by atoms with Crippen LogP contribution in [0.1, 0.15) is 52.2 Å². The minimum absolute atomic E-state index is 0.0299. The molecule has 5 nitrogen and oxygen atoms in total. The highest BCUT2D eigenvalue weighted by Crippen LogP contribution is 2.35. The van der Waals surface area contributed by atoms with Crippen molar-refractivity contribution in [3.8, 4) is 9.88 Å². The summed E-state index contributed by atoms with van der Waals surface area (Å²) in [6, 6.07) is 0. The molecule has 20 heavy (non-hydrogen) atoms. The first-order valence-corrected chi connectivity index (χ1v) is 8.16. The third-order valence-corrected chi connectivity index (χ3v) is 4.43. The van der Waals surface area contributed by atoms with Crippen molar-refractivity contribution in [2.45, 2.75) is 59.0 Å². The van der Waals surface area contributed by atoms with Crippen LogP contribution in [0.4, 0.5) is 0 Å². The lowest BCUT2D eigenvalue weighted by atomic mass is 9.91. The summed E-state index contributed by atoms with van der Waals surface area (Å²) in [5, 5.41) is 18.1. The summed E-state index contributed by atoms with van der Waals surface area (Å²) in [4.78, 5) is 1.04. The second-order valence-corrected chi connectivity index (χ2v) is 8.62. The van der Waals surface area contributed by atoms with Crippen LogP contribution in [0.2, 0.25) is 0 Å². The van der Waals surface area contributed by atoms with Gasteiger partial charge in [-0.3, -0.25) is 0 Å². The minimum Gasteiger partial charge on any atom is -0.306 e. The van der Waals surface area contributed by atoms with Crippen molar-refractivity contribution in [3.05, 3.63) is 10.7 Å². The third-order valence-electron chi connectivity index (χ3n) is 2.63. The van der Waals surface area contributed by atoms with E-state index >= 15 is 0 Å². The standard InChI is InChI=1S/C13H21N5S2/c1-12(2,3)10-9(20-18-16-10)11-17-15-8(19-11)7-14-13(4,5)6/h14H,7H2,1-6H3. The summed E-state index contributed by atoms with van der Waals surface area (Å²) < 4.78 is 4.07. The summed E-state index contributed by atoms with van der Waals surface area (Å²) in [5.41, 5.74) is 1.04. The first-order chi connectivity index (χ1) is 9.17. The summed E-state index contributed by atoms with van der Waals surface area (Å²) >= 11 is 3.00. The Bertz CT molecular complexity index is 574. The molecular weight excluding hydrogens is 290 g/mol. The predicted octanol–water partition coefficient (Wildman–Crippen LogP) is 3.24. The highest BCUT2D eigenvalue weighted by molar-refractivity contribution is 7.19. The number of hydrogen-bond acceptors (Lipinski definition) is 7. The van der Waals surface area contributed by atoms with Gasteiger partial charge in [-0.05, 0) is 32.3 Å². The van der Waals surface area contributed by atoms with Crippen molar-refractivity contribution in [1.29, 1.82) is 0 Å². The van der Waals surface area contributed by atoms with E-state index in [1.165, 1.54) is 11.5 Å². The Balaban J connectivity index is 2.20. The third kappa shape index (κ3) is 3.80. The van der Waals surface area contributed by atoms with Gasteiger partial charge in [-0.15, -0.1) is 15.3 Å². The molecule has 0 radical (unpaired) electrons. The van der Waals surface area contributed by atoms with Crippen LogP contribution in [0, 0.1) is 0 Å². The molecule has 2 heterocycles. The van der Waals surface area contributed by atoms with Gasteiger partial charge < -0.3 is 5.32 Å². The van der Waals surface area contributed by atoms with E-state index in [0.29, 0.717) is 0 Å². The molecule has 2 aromatic heterocycles. The second kappa shape index (κ2) is 5.46. The quantitative estimate of drug-likeness (QED) is 0.942. The summed E-state index contributed by atoms with van der Waals surface area (Å²) in [6.07, 6.45) is 0. The van der Waals surface area contributed by atoms with Crippen LogP contribution in [-0.4, -0.2) is 25.3 Å². The van der Waals surface area contributed by atoms with Gasteiger partial charge >= 0.3 is 0 Å². The molecule has 0 saturated heterocycles. The Morgan fingerprint density at radius 2 is 1.70 bits per heavy atom. The molecule has 0 atom stereocenters. The Morgan fingerprint density at radius 3 is 2.30 bits per heavy atom. The first-order valence-electron chi connectivity index (χ1n) is 6.57. The zero-order valence-electron chi connectivity index (χ0n) is 12.8. The molecule has 0 aliphatic carbocycles. The molecule has 7 heteroatoms. The number of rotatable bonds is 3. The normalized spacial score (nSPS) is 12.9. The molecule has 0 saturated carbocycles. The summed E-state index contributed by atoms with van der Waals surface area (Å²) in [6.45, 7) is 13.6. The molecule has 0 aromatic carbocycles. The molecular formula is C13H21N5S2. The summed E-state index contributed by atoms with van der Waals surface area (Å²) in [5.74, 6) is 0. The molecule has 0 aliphatic heterocycles. The maximum absolute atomic E-state index is 4.29. The molecule has 0 amide bonds. The van der Waals surface area contributed by atoms with E-state index in [0.717, 1.165) is 27.1 Å². The van der Waals surface area contributed by atoms with Crippen LogP contribution in [0.3, 0.4) is 0 Å². The number of nitrogens with one attached hydrogen (secondary N) is 1. The zero-order valence-corrected chi connectivity index (χ0v) is 14.4. The fourth-order valence-electron chi connectivity index (χ4n) is 1.58. The van der Waals surface area contributed by atoms with E-state index in [1.54, 1.807) is 11.3 Å². The van der Waals surface area contributed by atoms with Gasteiger partial charge in [0, 0.05) is 11.0 Å². The fourth-order valence-corrected chi connectivity index (χ4v) is 3.29. The van der Waals surface area contributed by atoms with E-state index in [1.807, 2.05) is 0 Å². The number of nitrogens with zero attached hydrogens (tertiary/aromatic N) is 4. The number of hydrogen-bond donors (Lipinski definition) is 1. The number of aromatic nitrogens is 4. The minimum atomic E-state index is -0.0299. The largest absolute Gasteiger partial charge is 0.306 e. The fraction of sp³-hybridized carbons (Fsp3) is 0.692. The predicted molar refractivity (Wildman–Crippen MR) is 84.1 cm³/mol. The Hall–Kier alpha value is -0.920. The van der Waals surface area contributed by atoms with Gasteiger partial charge in [0.25, 0.3) is 0 Å². The van der Waals surface area contributed by atoms with Gasteiger partial charge in [0.2, 0.25) is 0 Å². The van der Waals surface area contributed by atoms with Gasteiger partial charge in [-0.2, -0.15) is 0 Å². The maximum atomic E-state index is 4.29. The SMILES string of the molecule is CC(C)(C)NCc1nnc(-c2snnc2C(C)(C)C)s1. The molecule has 2 rings (SSSR count). The topological polar surface area (TPSA) is 63.6 Å². The van der Waals surface area contributed by atoms with E-state index in [2.05, 4.69) is 66.6 Å². The van der Waals surface area contributed by atoms with Gasteiger partial charge in [-0.1, -0.05) is 36.6 Å². The molecule has 0 aliphatic rings. The van der Waals surface area contributed by atoms with Crippen molar-refractivity contribution in [3.63, 3.8) is 0 Å². The monoisotopic (exact) mass is 311 g/mol. The van der Waals surface area contributed by atoms with Crippen molar-refractivity contribution < 1.29 is 0 Å². The Morgan fingerprint density at radius 1 is 1.00 bits per heavy atom. The van der Waals surface area contributed by atoms with E-state index < -0.39 is 0 Å². The average Bonchev–Trinajstić information content (AvgIpc) is 2.93. The maximum Gasteiger partial charge on any atom is 0.161 e. The van der Waals surface area contributed by atoms with Crippen molar-refractivity contribution in [2.24, 2.45) is 0 Å². The lowest BCUT2D eigenvalue weighted by Crippen LogP contribution is -2.35. The lowest BCUT2D eigenvalue weighted by Gasteiger charge is -2.19. The van der Waals surface area contributed by atoms with Gasteiger partial charge in [0.05, 0.1) is 12.2 Å². The van der Waals surface area contributed by atoms with Crippen LogP contribution in [-0.2, 0) is 12.0 Å². The van der Waals surface area contributed by atoms with Crippen LogP contribution in [0.25, 0.3) is 9.88 Å². The second-order valence-electron chi connectivity index (χ2n) is 6.81. The molecule has 0 unspecified atom stereocenters. The lowest BCUT2D eigenvalue weighted by molar-refractivity contribution is 0.423. The molecule has 0 fully saturated rings. The Labute approximate surface area is 128 Å². The highest BCUT2D eigenvalue weighted by Gasteiger charge is 2.25. The van der Waals surface area contributed by atoms with E-state index in [9.17, 15) is 0 Å². The van der Waals surface area contributed by atoms with E-state index in [4.69, 9.17) is 0 Å². The van der Waals surface area contributed by atoms with Crippen molar-refractivity contribution in [1.82, 2.24) is 25.1 Å². The Kier molecular flexibility index (Phi) is 4.22. The van der Waals surface area contributed by atoms with Crippen LogP contribution >= 0.6 is 22.9 Å². The van der Waals surface area contributed by atoms with Crippen LogP contribution < -0.4 is 5.32 Å². The first kappa shape index (κ1) is 15.5. The molecule has 2 aromatic rings. The van der Waals surface area contributed by atoms with Gasteiger partial charge in [-0.25, -0.2) is 0 Å². The van der Waals surface area contributed by atoms with Gasteiger partial charge in [0.1, 0.15) is 9.88 Å². The average molecular weight is 311 g/mol. The van der Waals surface area contributed by atoms with Crippen LogP contribution in [0.5, 0.6) is 0 Å². The molecule has 0 spiro atoms. The van der Waals surface area contributed by atoms with Crippen molar-refractivity contribution in [2.75, 3.05) is 0 Å². The highest BCUT2D eigenvalue weighted by atomic mass is 32.1. The smallest absolute Gasteiger partial charge is 0.161 e. The summed E-state index contributed by atoms with van der Waals surface area (Å²) in [7, 11) is 0. The van der Waals surface area contributed by atoms with Crippen molar-refractivity contribution >= 4 is 22.9 Å². The van der Waals surface area contributed by atoms with E-state index in [-0.39, 0.29) is 11.0 Å². The zero-order chi connectivity index (χ0) is 15.0. The molecule has 0 bridgehead atoms. The van der Waals surface area contributed by atoms with Gasteiger partial charge in [0.15, 0.2) is 5.01 Å².